The maximum absolute atomic E-state index is 12.3. The Kier molecular flexibility index (Phi) is 4.63. The summed E-state index contributed by atoms with van der Waals surface area (Å²) in [7, 11) is 0. The third-order valence-corrected chi connectivity index (χ3v) is 4.41. The van der Waals surface area contributed by atoms with Gasteiger partial charge >= 0.3 is 0 Å². The molecule has 2 aromatic rings. The summed E-state index contributed by atoms with van der Waals surface area (Å²) < 4.78 is 5.35. The standard InChI is InChI=1S/C15H9N3O5S2/c19-12-4-3-10(18(21)22)6-9(12)8-16-17-14(20)13(25-15(17)24)7-11-2-1-5-23-11/h1-8,19H/b13-7+,16-8+. The van der Waals surface area contributed by atoms with Crippen molar-refractivity contribution in [2.75, 3.05) is 0 Å². The molecule has 1 amide bonds. The summed E-state index contributed by atoms with van der Waals surface area (Å²) in [5.74, 6) is -0.153. The van der Waals surface area contributed by atoms with Gasteiger partial charge in [0.1, 0.15) is 11.5 Å². The summed E-state index contributed by atoms with van der Waals surface area (Å²) in [5, 5.41) is 25.5. The number of furan rings is 1. The van der Waals surface area contributed by atoms with Crippen LogP contribution in [0.2, 0.25) is 0 Å². The lowest BCUT2D eigenvalue weighted by molar-refractivity contribution is -0.384. The normalized spacial score (nSPS) is 16.3. The number of nitrogens with zero attached hydrogens (tertiary/aromatic N) is 3. The fraction of sp³-hybridized carbons (Fsp3) is 0. The van der Waals surface area contributed by atoms with E-state index >= 15 is 0 Å². The van der Waals surface area contributed by atoms with Crippen LogP contribution in [0.3, 0.4) is 0 Å². The van der Waals surface area contributed by atoms with Gasteiger partial charge in [-0.25, -0.2) is 0 Å². The number of thiocarbonyl (C=S) groups is 1. The zero-order valence-corrected chi connectivity index (χ0v) is 14.0. The van der Waals surface area contributed by atoms with Crippen molar-refractivity contribution < 1.29 is 19.2 Å². The Morgan fingerprint density at radius 3 is 2.88 bits per heavy atom. The zero-order valence-electron chi connectivity index (χ0n) is 12.4. The molecule has 1 aromatic carbocycles. The third kappa shape index (κ3) is 3.59. The van der Waals surface area contributed by atoms with Gasteiger partial charge < -0.3 is 9.52 Å². The second kappa shape index (κ2) is 6.87. The molecule has 1 N–H and O–H groups in total. The summed E-state index contributed by atoms with van der Waals surface area (Å²) in [6.45, 7) is 0. The van der Waals surface area contributed by atoms with Crippen molar-refractivity contribution in [3.8, 4) is 5.75 Å². The molecular weight excluding hydrogens is 366 g/mol. The number of nitro benzene ring substituents is 1. The maximum Gasteiger partial charge on any atom is 0.286 e. The average Bonchev–Trinajstić information content (AvgIpc) is 3.16. The number of phenolic OH excluding ortho intramolecular Hbond substituents is 1. The van der Waals surface area contributed by atoms with E-state index in [1.807, 2.05) is 0 Å². The summed E-state index contributed by atoms with van der Waals surface area (Å²) in [4.78, 5) is 22.9. The highest BCUT2D eigenvalue weighted by Crippen LogP contribution is 2.33. The van der Waals surface area contributed by atoms with Crippen LogP contribution in [-0.4, -0.2) is 31.5 Å². The fourth-order valence-corrected chi connectivity index (χ4v) is 3.09. The molecule has 10 heteroatoms. The van der Waals surface area contributed by atoms with Crippen LogP contribution in [0.4, 0.5) is 5.69 Å². The molecular formula is C15H9N3O5S2. The van der Waals surface area contributed by atoms with Crippen LogP contribution in [0.25, 0.3) is 6.08 Å². The highest BCUT2D eigenvalue weighted by molar-refractivity contribution is 8.26. The highest BCUT2D eigenvalue weighted by Gasteiger charge is 2.32. The van der Waals surface area contributed by atoms with Crippen molar-refractivity contribution in [2.24, 2.45) is 5.10 Å². The van der Waals surface area contributed by atoms with Crippen molar-refractivity contribution in [1.82, 2.24) is 5.01 Å². The van der Waals surface area contributed by atoms with E-state index in [9.17, 15) is 20.0 Å². The van der Waals surface area contributed by atoms with Gasteiger partial charge in [0.15, 0.2) is 4.32 Å². The van der Waals surface area contributed by atoms with Gasteiger partial charge in [-0.3, -0.25) is 14.9 Å². The van der Waals surface area contributed by atoms with Crippen LogP contribution in [0.1, 0.15) is 11.3 Å². The number of aromatic hydroxyl groups is 1. The topological polar surface area (TPSA) is 109 Å². The van der Waals surface area contributed by atoms with Gasteiger partial charge in [-0.05, 0) is 30.4 Å². The third-order valence-electron chi connectivity index (χ3n) is 3.12. The summed E-state index contributed by atoms with van der Waals surface area (Å²) in [5.41, 5.74) is -0.111. The van der Waals surface area contributed by atoms with Gasteiger partial charge in [0.25, 0.3) is 11.6 Å². The lowest BCUT2D eigenvalue weighted by atomic mass is 10.2. The van der Waals surface area contributed by atoms with E-state index < -0.39 is 10.8 Å². The van der Waals surface area contributed by atoms with Crippen molar-refractivity contribution >= 4 is 52.2 Å². The molecule has 1 aliphatic rings. The van der Waals surface area contributed by atoms with Gasteiger partial charge in [-0.1, -0.05) is 11.8 Å². The number of hydrazone groups is 1. The Bertz CT molecular complexity index is 921. The van der Waals surface area contributed by atoms with Crippen LogP contribution in [0.5, 0.6) is 5.75 Å². The molecule has 0 radical (unpaired) electrons. The molecule has 1 saturated heterocycles. The molecule has 0 unspecified atom stereocenters. The predicted octanol–water partition coefficient (Wildman–Crippen LogP) is 3.13. The first-order chi connectivity index (χ1) is 12.0. The molecule has 0 spiro atoms. The molecule has 0 atom stereocenters. The number of phenols is 1. The summed E-state index contributed by atoms with van der Waals surface area (Å²) in [6, 6.07) is 6.88. The molecule has 126 valence electrons. The lowest BCUT2D eigenvalue weighted by Crippen LogP contribution is -2.22. The first-order valence-corrected chi connectivity index (χ1v) is 8.01. The fourth-order valence-electron chi connectivity index (χ4n) is 1.94. The first-order valence-electron chi connectivity index (χ1n) is 6.78. The number of hydrogen-bond donors (Lipinski definition) is 1. The monoisotopic (exact) mass is 375 g/mol. The van der Waals surface area contributed by atoms with Gasteiger partial charge in [0.2, 0.25) is 0 Å². The molecule has 0 saturated carbocycles. The zero-order chi connectivity index (χ0) is 18.0. The van der Waals surface area contributed by atoms with E-state index in [1.165, 1.54) is 18.4 Å². The Labute approximate surface area is 150 Å². The minimum Gasteiger partial charge on any atom is -0.507 e. The number of non-ortho nitro benzene ring substituents is 1. The second-order valence-electron chi connectivity index (χ2n) is 4.75. The first kappa shape index (κ1) is 16.9. The molecule has 2 heterocycles. The van der Waals surface area contributed by atoms with E-state index in [0.29, 0.717) is 10.7 Å². The number of nitro groups is 1. The molecule has 1 aliphatic heterocycles. The molecule has 3 rings (SSSR count). The van der Waals surface area contributed by atoms with E-state index in [0.717, 1.165) is 29.1 Å². The van der Waals surface area contributed by atoms with Crippen LogP contribution in [0.15, 0.2) is 51.0 Å². The minimum absolute atomic E-state index is 0.0956. The van der Waals surface area contributed by atoms with Gasteiger partial charge in [-0.2, -0.15) is 10.1 Å². The smallest absolute Gasteiger partial charge is 0.286 e. The quantitative estimate of drug-likeness (QED) is 0.287. The van der Waals surface area contributed by atoms with Crippen molar-refractivity contribution in [3.63, 3.8) is 0 Å². The number of hydrogen-bond acceptors (Lipinski definition) is 8. The molecule has 1 fully saturated rings. The number of carbonyl (C=O) groups excluding carboxylic acids is 1. The molecule has 0 bridgehead atoms. The van der Waals surface area contributed by atoms with Crippen molar-refractivity contribution in [3.05, 3.63) is 62.9 Å². The SMILES string of the molecule is O=C1/C(=C\c2ccco2)SC(=S)N1/N=C/c1cc([N+](=O)[O-])ccc1O. The average molecular weight is 375 g/mol. The summed E-state index contributed by atoms with van der Waals surface area (Å²) >= 11 is 6.17. The van der Waals surface area contributed by atoms with Gasteiger partial charge in [0.05, 0.1) is 22.3 Å². The Morgan fingerprint density at radius 2 is 2.20 bits per heavy atom. The predicted molar refractivity (Wildman–Crippen MR) is 96.1 cm³/mol. The van der Waals surface area contributed by atoms with Crippen molar-refractivity contribution in [1.29, 1.82) is 0 Å². The Morgan fingerprint density at radius 1 is 1.40 bits per heavy atom. The Balaban J connectivity index is 1.84. The van der Waals surface area contributed by atoms with E-state index in [4.69, 9.17) is 16.6 Å². The minimum atomic E-state index is -0.595. The van der Waals surface area contributed by atoms with E-state index in [-0.39, 0.29) is 21.3 Å². The van der Waals surface area contributed by atoms with E-state index in [1.54, 1.807) is 18.2 Å². The number of thioether (sulfide) groups is 1. The lowest BCUT2D eigenvalue weighted by Gasteiger charge is -2.06. The summed E-state index contributed by atoms with van der Waals surface area (Å²) in [6.07, 6.45) is 4.17. The number of amides is 1. The van der Waals surface area contributed by atoms with Crippen LogP contribution >= 0.6 is 24.0 Å². The van der Waals surface area contributed by atoms with Crippen LogP contribution < -0.4 is 0 Å². The largest absolute Gasteiger partial charge is 0.507 e. The number of benzene rings is 1. The van der Waals surface area contributed by atoms with Crippen LogP contribution in [0, 0.1) is 10.1 Å². The molecule has 1 aromatic heterocycles. The molecule has 25 heavy (non-hydrogen) atoms. The Hall–Kier alpha value is -2.98. The number of carbonyl (C=O) groups is 1. The molecule has 0 aliphatic carbocycles. The second-order valence-corrected chi connectivity index (χ2v) is 6.43. The van der Waals surface area contributed by atoms with Crippen LogP contribution in [-0.2, 0) is 4.79 Å². The number of rotatable bonds is 4. The van der Waals surface area contributed by atoms with Crippen molar-refractivity contribution in [2.45, 2.75) is 0 Å². The van der Waals surface area contributed by atoms with Gasteiger partial charge in [-0.15, -0.1) is 0 Å². The van der Waals surface area contributed by atoms with E-state index in [2.05, 4.69) is 5.10 Å². The highest BCUT2D eigenvalue weighted by atomic mass is 32.2. The van der Waals surface area contributed by atoms with Gasteiger partial charge in [0, 0.05) is 23.8 Å². The molecule has 8 nitrogen and oxygen atoms in total. The maximum atomic E-state index is 12.3.